The summed E-state index contributed by atoms with van der Waals surface area (Å²) in [5.41, 5.74) is 0. The molecule has 13 heteroatoms. The normalized spacial score (nSPS) is 21.6. The number of rotatable bonds is 45. The minimum Gasteiger partial charge on any atom is -0.457 e. The zero-order chi connectivity index (χ0) is 52.6. The zero-order valence-electron chi connectivity index (χ0n) is 44.2. The maximum atomic E-state index is 12.9. The summed E-state index contributed by atoms with van der Waals surface area (Å²) < 4.78 is 34.3. The predicted octanol–water partition coefficient (Wildman–Crippen LogP) is 13.0. The van der Waals surface area contributed by atoms with Gasteiger partial charge in [0, 0.05) is 13.0 Å². The number of aliphatic hydroxyl groups excluding tert-OH is 5. The van der Waals surface area contributed by atoms with E-state index in [1.54, 1.807) is 0 Å². The van der Waals surface area contributed by atoms with Crippen molar-refractivity contribution < 1.29 is 58.3 Å². The highest BCUT2D eigenvalue weighted by Gasteiger charge is 2.51. The third kappa shape index (κ3) is 38.3. The van der Waals surface area contributed by atoms with Crippen molar-refractivity contribution in [2.24, 2.45) is 0 Å². The molecule has 12 nitrogen and oxygen atoms in total. The summed E-state index contributed by atoms with van der Waals surface area (Å²) in [4.78, 5) is 23.3. The van der Waals surface area contributed by atoms with E-state index in [2.05, 4.69) is 135 Å². The zero-order valence-corrected chi connectivity index (χ0v) is 45.1. The Bertz CT molecular complexity index is 1650. The molecule has 0 saturated heterocycles. The van der Waals surface area contributed by atoms with Gasteiger partial charge in [0.25, 0.3) is 0 Å². The molecule has 0 amide bonds. The lowest BCUT2D eigenvalue weighted by Gasteiger charge is -2.41. The van der Waals surface area contributed by atoms with Crippen molar-refractivity contribution in [3.05, 3.63) is 122 Å². The number of carbonyl (C=O) groups is 1. The van der Waals surface area contributed by atoms with Gasteiger partial charge in [-0.3, -0.25) is 13.8 Å². The Morgan fingerprint density at radius 3 is 1.18 bits per heavy atom. The van der Waals surface area contributed by atoms with Crippen LogP contribution in [0, 0.1) is 0 Å². The maximum absolute atomic E-state index is 12.9. The van der Waals surface area contributed by atoms with Gasteiger partial charge in [-0.2, -0.15) is 0 Å². The minimum absolute atomic E-state index is 0.0995. The van der Waals surface area contributed by atoms with Crippen LogP contribution in [0.1, 0.15) is 181 Å². The molecule has 1 rings (SSSR count). The van der Waals surface area contributed by atoms with Crippen LogP contribution in [-0.4, -0.2) is 98.9 Å². The van der Waals surface area contributed by atoms with E-state index in [9.17, 15) is 39.8 Å². The van der Waals surface area contributed by atoms with Gasteiger partial charge in [0.2, 0.25) is 0 Å². The average Bonchev–Trinajstić information content (AvgIpc) is 3.37. The van der Waals surface area contributed by atoms with E-state index in [0.29, 0.717) is 13.0 Å². The molecule has 0 aliphatic heterocycles. The van der Waals surface area contributed by atoms with Gasteiger partial charge in [0.1, 0.15) is 42.7 Å². The molecule has 1 aliphatic rings. The second kappa shape index (κ2) is 47.5. The highest BCUT2D eigenvalue weighted by atomic mass is 31.2. The summed E-state index contributed by atoms with van der Waals surface area (Å²) in [7, 11) is -5.04. The molecule has 6 N–H and O–H groups in total. The number of esters is 1. The molecular weight excluding hydrogens is 932 g/mol. The Balaban J connectivity index is 2.35. The highest BCUT2D eigenvalue weighted by Crippen LogP contribution is 2.47. The van der Waals surface area contributed by atoms with Gasteiger partial charge in [-0.25, -0.2) is 4.57 Å². The summed E-state index contributed by atoms with van der Waals surface area (Å²) in [5.74, 6) is -0.504. The summed E-state index contributed by atoms with van der Waals surface area (Å²) in [6, 6.07) is 0. The van der Waals surface area contributed by atoms with Crippen molar-refractivity contribution in [2.75, 3.05) is 19.8 Å². The smallest absolute Gasteiger partial charge is 0.457 e. The molecule has 1 fully saturated rings. The molecule has 0 aromatic carbocycles. The van der Waals surface area contributed by atoms with Crippen LogP contribution < -0.4 is 0 Å². The van der Waals surface area contributed by atoms with Crippen molar-refractivity contribution in [1.82, 2.24) is 0 Å². The summed E-state index contributed by atoms with van der Waals surface area (Å²) in [5, 5.41) is 50.4. The fourth-order valence-electron chi connectivity index (χ4n) is 7.58. The van der Waals surface area contributed by atoms with Crippen LogP contribution in [0.2, 0.25) is 0 Å². The molecular formula is C59H97O12P. The van der Waals surface area contributed by atoms with Crippen molar-refractivity contribution in [3.8, 4) is 0 Å². The number of carbonyl (C=O) groups excluding carboxylic acids is 1. The van der Waals surface area contributed by atoms with Gasteiger partial charge < -0.3 is 39.9 Å². The number of phosphoric acid groups is 1. The van der Waals surface area contributed by atoms with Crippen LogP contribution >= 0.6 is 7.82 Å². The molecule has 0 bridgehead atoms. The number of unbranched alkanes of at least 4 members (excludes halogenated alkanes) is 13. The Kier molecular flexibility index (Phi) is 44.0. The van der Waals surface area contributed by atoms with E-state index in [1.807, 2.05) is 0 Å². The quantitative estimate of drug-likeness (QED) is 0.0147. The lowest BCUT2D eigenvalue weighted by molar-refractivity contribution is -0.220. The van der Waals surface area contributed by atoms with Crippen LogP contribution in [0.5, 0.6) is 0 Å². The first-order valence-corrected chi connectivity index (χ1v) is 28.9. The second-order valence-electron chi connectivity index (χ2n) is 18.3. The van der Waals surface area contributed by atoms with Crippen LogP contribution in [0.3, 0.4) is 0 Å². The van der Waals surface area contributed by atoms with E-state index < -0.39 is 63.1 Å². The van der Waals surface area contributed by atoms with Gasteiger partial charge in [-0.1, -0.05) is 193 Å². The largest absolute Gasteiger partial charge is 0.472 e. The van der Waals surface area contributed by atoms with Gasteiger partial charge in [-0.15, -0.1) is 0 Å². The molecule has 0 aromatic heterocycles. The fraction of sp³-hybridized carbons (Fsp3) is 0.644. The lowest BCUT2D eigenvalue weighted by Crippen LogP contribution is -2.64. The second-order valence-corrected chi connectivity index (χ2v) is 19.7. The van der Waals surface area contributed by atoms with Crippen molar-refractivity contribution in [2.45, 2.75) is 224 Å². The molecule has 1 aliphatic carbocycles. The van der Waals surface area contributed by atoms with Crippen molar-refractivity contribution in [1.29, 1.82) is 0 Å². The van der Waals surface area contributed by atoms with E-state index in [4.69, 9.17) is 18.5 Å². The van der Waals surface area contributed by atoms with Gasteiger partial charge in [0.05, 0.1) is 13.2 Å². The number of hydrogen-bond donors (Lipinski definition) is 6. The van der Waals surface area contributed by atoms with E-state index in [0.717, 1.165) is 128 Å². The Labute approximate surface area is 435 Å². The molecule has 0 spiro atoms. The Morgan fingerprint density at radius 2 is 0.778 bits per heavy atom. The predicted molar refractivity (Wildman–Crippen MR) is 294 cm³/mol. The molecule has 0 aromatic rings. The standard InChI is InChI=1S/C59H97O12P/c1-3-5-7-9-11-13-15-17-19-21-23-25-26-27-29-31-33-35-37-39-41-43-45-47-49-68-50-52(51-69-72(66,67)71-59-57(64)55(62)54(61)56(63)58(59)65)70-53(60)48-46-44-42-40-38-36-34-32-30-28-24-22-20-18-16-14-12-10-8-6-4-2/h5-8,11-14,17-20,23-25,27-29,32,34,52,54-59,61-65H,3-4,9-10,15-16,21-22,26,30-31,33,35-51H2,1-2H3,(H,66,67)/b7-5-,8-6-,13-11-,14-12-,19-17-,20-18-,25-23-,28-24-,29-27-,34-32-. The van der Waals surface area contributed by atoms with Crippen LogP contribution in [-0.2, 0) is 27.9 Å². The van der Waals surface area contributed by atoms with Gasteiger partial charge in [-0.05, 0) is 103 Å². The first kappa shape index (κ1) is 66.8. The molecule has 6 unspecified atom stereocenters. The molecule has 0 radical (unpaired) electrons. The number of hydrogen-bond acceptors (Lipinski definition) is 11. The maximum Gasteiger partial charge on any atom is 0.472 e. The topological polar surface area (TPSA) is 192 Å². The van der Waals surface area contributed by atoms with Crippen molar-refractivity contribution in [3.63, 3.8) is 0 Å². The first-order valence-electron chi connectivity index (χ1n) is 27.4. The molecule has 72 heavy (non-hydrogen) atoms. The van der Waals surface area contributed by atoms with E-state index in [1.165, 1.54) is 25.7 Å². The van der Waals surface area contributed by atoms with Crippen LogP contribution in [0.4, 0.5) is 0 Å². The summed E-state index contributed by atoms with van der Waals surface area (Å²) >= 11 is 0. The number of allylic oxidation sites excluding steroid dienone is 20. The van der Waals surface area contributed by atoms with Crippen molar-refractivity contribution >= 4 is 13.8 Å². The molecule has 410 valence electrons. The number of ether oxygens (including phenoxy) is 2. The third-order valence-corrected chi connectivity index (χ3v) is 12.8. The first-order chi connectivity index (χ1) is 35.0. The molecule has 0 heterocycles. The lowest BCUT2D eigenvalue weighted by atomic mass is 9.85. The third-order valence-electron chi connectivity index (χ3n) is 11.8. The van der Waals surface area contributed by atoms with Crippen LogP contribution in [0.15, 0.2) is 122 Å². The Hall–Kier alpha value is -3.26. The van der Waals surface area contributed by atoms with Crippen LogP contribution in [0.25, 0.3) is 0 Å². The Morgan fingerprint density at radius 1 is 0.444 bits per heavy atom. The molecule has 6 atom stereocenters. The van der Waals surface area contributed by atoms with Gasteiger partial charge >= 0.3 is 13.8 Å². The molecule has 1 saturated carbocycles. The van der Waals surface area contributed by atoms with Gasteiger partial charge in [0.15, 0.2) is 0 Å². The van der Waals surface area contributed by atoms with E-state index in [-0.39, 0.29) is 13.0 Å². The average molecular weight is 1030 g/mol. The highest BCUT2D eigenvalue weighted by molar-refractivity contribution is 7.47. The minimum atomic E-state index is -5.04. The van der Waals surface area contributed by atoms with E-state index >= 15 is 0 Å². The number of aliphatic hydroxyl groups is 5. The summed E-state index contributed by atoms with van der Waals surface area (Å²) in [6.07, 6.45) is 56.8. The SMILES string of the molecule is CC/C=C\C/C=C\C/C=C\C/C=C\C/C=C\CCCCCCCCCCOCC(COP(=O)(O)OC1C(O)C(O)C(O)C(O)C1O)OC(=O)CCCCCCC/C=C\C/C=C\C/C=C\C/C=C\C/C=C\CC. The number of phosphoric ester groups is 1. The summed E-state index contributed by atoms with van der Waals surface area (Å²) in [6.45, 7) is 3.99. The monoisotopic (exact) mass is 1030 g/mol. The fourth-order valence-corrected chi connectivity index (χ4v) is 8.56.